The van der Waals surface area contributed by atoms with Gasteiger partial charge in [-0.2, -0.15) is 0 Å². The third-order valence-electron chi connectivity index (χ3n) is 1.88. The number of thiocarbonyl (C=S) groups is 1. The zero-order valence-corrected chi connectivity index (χ0v) is 8.79. The number of hydrogen-bond acceptors (Lipinski definition) is 4. The van der Waals surface area contributed by atoms with Gasteiger partial charge in [0, 0.05) is 13.6 Å². The highest BCUT2D eigenvalue weighted by Gasteiger charge is 2.01. The molecule has 0 amide bonds. The van der Waals surface area contributed by atoms with Gasteiger partial charge >= 0.3 is 0 Å². The first kappa shape index (κ1) is 10.9. The largest absolute Gasteiger partial charge is 0.395 e. The Hall–Kier alpha value is -1.20. The average molecular weight is 211 g/mol. The summed E-state index contributed by atoms with van der Waals surface area (Å²) in [6.07, 6.45) is 1.68. The Labute approximate surface area is 88.4 Å². The van der Waals surface area contributed by atoms with Crippen molar-refractivity contribution in [2.75, 3.05) is 25.1 Å². The van der Waals surface area contributed by atoms with Crippen molar-refractivity contribution in [3.8, 4) is 0 Å². The maximum Gasteiger partial charge on any atom is 0.122 e. The molecule has 0 fully saturated rings. The topological polar surface area (TPSA) is 62.4 Å². The van der Waals surface area contributed by atoms with Crippen molar-refractivity contribution in [1.82, 2.24) is 4.98 Å². The highest BCUT2D eigenvalue weighted by molar-refractivity contribution is 7.80. The van der Waals surface area contributed by atoms with E-state index in [-0.39, 0.29) is 6.61 Å². The second kappa shape index (κ2) is 4.88. The summed E-state index contributed by atoms with van der Waals surface area (Å²) in [4.78, 5) is 6.28. The lowest BCUT2D eigenvalue weighted by Gasteiger charge is -2.17. The molecular formula is C9H13N3OS. The number of aromatic nitrogens is 1. The Morgan fingerprint density at radius 3 is 2.79 bits per heavy atom. The van der Waals surface area contributed by atoms with Crippen LogP contribution in [0, 0.1) is 0 Å². The minimum atomic E-state index is 0.119. The molecule has 1 heterocycles. The normalized spacial score (nSPS) is 9.86. The third-order valence-corrected chi connectivity index (χ3v) is 2.09. The lowest BCUT2D eigenvalue weighted by atomic mass is 10.3. The van der Waals surface area contributed by atoms with Crippen molar-refractivity contribution < 1.29 is 5.11 Å². The number of rotatable bonds is 4. The number of aliphatic hydroxyl groups is 1. The van der Waals surface area contributed by atoms with Gasteiger partial charge in [0.15, 0.2) is 0 Å². The number of nitrogens with two attached hydrogens (primary N) is 1. The van der Waals surface area contributed by atoms with E-state index in [2.05, 4.69) is 4.98 Å². The summed E-state index contributed by atoms with van der Waals surface area (Å²) in [7, 11) is 1.88. The standard InChI is InChI=1S/C9H13N3OS/c1-12(4-5-13)7-2-3-8(9(10)14)11-6-7/h2-3,6,13H,4-5H2,1H3,(H2,10,14). The van der Waals surface area contributed by atoms with E-state index >= 15 is 0 Å². The second-order valence-corrected chi connectivity index (χ2v) is 3.35. The van der Waals surface area contributed by atoms with E-state index in [1.54, 1.807) is 12.3 Å². The van der Waals surface area contributed by atoms with Crippen LogP contribution in [0.4, 0.5) is 5.69 Å². The summed E-state index contributed by atoms with van der Waals surface area (Å²) in [5, 5.41) is 8.74. The van der Waals surface area contributed by atoms with Crippen LogP contribution in [0.5, 0.6) is 0 Å². The molecule has 1 aromatic rings. The maximum atomic E-state index is 8.74. The molecule has 1 rings (SSSR count). The number of hydrogen-bond donors (Lipinski definition) is 2. The van der Waals surface area contributed by atoms with Gasteiger partial charge in [-0.1, -0.05) is 12.2 Å². The fourth-order valence-electron chi connectivity index (χ4n) is 1.04. The van der Waals surface area contributed by atoms with Crippen LogP contribution in [0.3, 0.4) is 0 Å². The van der Waals surface area contributed by atoms with Crippen molar-refractivity contribution in [2.24, 2.45) is 5.73 Å². The van der Waals surface area contributed by atoms with Crippen LogP contribution < -0.4 is 10.6 Å². The Morgan fingerprint density at radius 1 is 1.64 bits per heavy atom. The number of anilines is 1. The van der Waals surface area contributed by atoms with Gasteiger partial charge in [-0.15, -0.1) is 0 Å². The molecule has 0 atom stereocenters. The molecule has 0 radical (unpaired) electrons. The number of likely N-dealkylation sites (N-methyl/N-ethyl adjacent to an activating group) is 1. The molecule has 4 nitrogen and oxygen atoms in total. The van der Waals surface area contributed by atoms with Crippen LogP contribution in [0.25, 0.3) is 0 Å². The minimum Gasteiger partial charge on any atom is -0.395 e. The van der Waals surface area contributed by atoms with Gasteiger partial charge in [0.25, 0.3) is 0 Å². The number of aliphatic hydroxyl groups excluding tert-OH is 1. The van der Waals surface area contributed by atoms with E-state index in [9.17, 15) is 0 Å². The third kappa shape index (κ3) is 2.65. The van der Waals surface area contributed by atoms with Crippen molar-refractivity contribution in [3.05, 3.63) is 24.0 Å². The Morgan fingerprint density at radius 2 is 2.36 bits per heavy atom. The molecule has 0 saturated carbocycles. The molecule has 14 heavy (non-hydrogen) atoms. The summed E-state index contributed by atoms with van der Waals surface area (Å²) in [6.45, 7) is 0.696. The zero-order chi connectivity index (χ0) is 10.6. The molecule has 0 saturated heterocycles. The molecule has 3 N–H and O–H groups in total. The van der Waals surface area contributed by atoms with Crippen molar-refractivity contribution in [3.63, 3.8) is 0 Å². The highest BCUT2D eigenvalue weighted by atomic mass is 32.1. The summed E-state index contributed by atoms with van der Waals surface area (Å²) < 4.78 is 0. The molecule has 0 unspecified atom stereocenters. The van der Waals surface area contributed by atoms with Gasteiger partial charge in [-0.3, -0.25) is 4.98 Å². The Bertz CT molecular complexity index is 312. The molecular weight excluding hydrogens is 198 g/mol. The summed E-state index contributed by atoms with van der Waals surface area (Å²) in [5.41, 5.74) is 6.96. The molecule has 0 aliphatic rings. The van der Waals surface area contributed by atoms with Crippen molar-refractivity contribution in [1.29, 1.82) is 0 Å². The summed E-state index contributed by atoms with van der Waals surface area (Å²) in [5.74, 6) is 0. The van der Waals surface area contributed by atoms with Crippen LogP contribution in [0.2, 0.25) is 0 Å². The predicted molar refractivity (Wildman–Crippen MR) is 60.5 cm³/mol. The lowest BCUT2D eigenvalue weighted by molar-refractivity contribution is 0.304. The van der Waals surface area contributed by atoms with Crippen LogP contribution >= 0.6 is 12.2 Å². The van der Waals surface area contributed by atoms with Crippen LogP contribution in [0.15, 0.2) is 18.3 Å². The fraction of sp³-hybridized carbons (Fsp3) is 0.333. The average Bonchev–Trinajstić information content (AvgIpc) is 2.18. The molecule has 5 heteroatoms. The molecule has 1 aromatic heterocycles. The second-order valence-electron chi connectivity index (χ2n) is 2.91. The van der Waals surface area contributed by atoms with E-state index < -0.39 is 0 Å². The smallest absolute Gasteiger partial charge is 0.122 e. The lowest BCUT2D eigenvalue weighted by Crippen LogP contribution is -2.21. The first-order chi connectivity index (χ1) is 6.65. The molecule has 0 spiro atoms. The van der Waals surface area contributed by atoms with E-state index in [4.69, 9.17) is 23.1 Å². The quantitative estimate of drug-likeness (QED) is 0.694. The van der Waals surface area contributed by atoms with Crippen LogP contribution in [-0.2, 0) is 0 Å². The maximum absolute atomic E-state index is 8.74. The van der Waals surface area contributed by atoms with Gasteiger partial charge in [0.05, 0.1) is 24.2 Å². The van der Waals surface area contributed by atoms with E-state index in [0.29, 0.717) is 17.2 Å². The van der Waals surface area contributed by atoms with Gasteiger partial charge in [-0.25, -0.2) is 0 Å². The highest BCUT2D eigenvalue weighted by Crippen LogP contribution is 2.10. The van der Waals surface area contributed by atoms with Gasteiger partial charge in [-0.05, 0) is 12.1 Å². The molecule has 0 aliphatic heterocycles. The number of pyridine rings is 1. The fourth-order valence-corrected chi connectivity index (χ4v) is 1.16. The van der Waals surface area contributed by atoms with Crippen LogP contribution in [-0.4, -0.2) is 35.3 Å². The zero-order valence-electron chi connectivity index (χ0n) is 7.97. The van der Waals surface area contributed by atoms with Crippen molar-refractivity contribution in [2.45, 2.75) is 0 Å². The molecule has 76 valence electrons. The SMILES string of the molecule is CN(CCO)c1ccc(C(N)=S)nc1. The van der Waals surface area contributed by atoms with E-state index in [1.165, 1.54) is 0 Å². The Kier molecular flexibility index (Phi) is 3.79. The van der Waals surface area contributed by atoms with Gasteiger partial charge in [0.1, 0.15) is 4.99 Å². The number of nitrogens with zero attached hydrogens (tertiary/aromatic N) is 2. The summed E-state index contributed by atoms with van der Waals surface area (Å²) in [6, 6.07) is 3.64. The van der Waals surface area contributed by atoms with Gasteiger partial charge < -0.3 is 15.7 Å². The summed E-state index contributed by atoms with van der Waals surface area (Å²) >= 11 is 4.78. The monoisotopic (exact) mass is 211 g/mol. The van der Waals surface area contributed by atoms with Crippen molar-refractivity contribution >= 4 is 22.9 Å². The Balaban J connectivity index is 2.77. The van der Waals surface area contributed by atoms with Crippen LogP contribution in [0.1, 0.15) is 5.69 Å². The predicted octanol–water partition coefficient (Wildman–Crippen LogP) is 0.144. The van der Waals surface area contributed by atoms with E-state index in [1.807, 2.05) is 18.0 Å². The molecule has 0 aromatic carbocycles. The molecule has 0 aliphatic carbocycles. The first-order valence-corrected chi connectivity index (χ1v) is 4.64. The van der Waals surface area contributed by atoms with Gasteiger partial charge in [0.2, 0.25) is 0 Å². The molecule has 0 bridgehead atoms. The van der Waals surface area contributed by atoms with E-state index in [0.717, 1.165) is 5.69 Å². The minimum absolute atomic E-state index is 0.119. The first-order valence-electron chi connectivity index (χ1n) is 4.23.